The number of nitrogens with zero attached hydrogens (tertiary/aromatic N) is 2. The fraction of sp³-hybridized carbons (Fsp3) is 0.462. The van der Waals surface area contributed by atoms with E-state index in [-0.39, 0.29) is 32.7 Å². The molecular formula is C26H32F2N2O5. The molecule has 0 spiro atoms. The van der Waals surface area contributed by atoms with Crippen LogP contribution in [0.2, 0.25) is 0 Å². The molecule has 0 aliphatic carbocycles. The van der Waals surface area contributed by atoms with Crippen molar-refractivity contribution in [3.63, 3.8) is 0 Å². The van der Waals surface area contributed by atoms with Crippen molar-refractivity contribution in [2.45, 2.75) is 45.4 Å². The summed E-state index contributed by atoms with van der Waals surface area (Å²) in [7, 11) is 1.52. The Morgan fingerprint density at radius 1 is 1.20 bits per heavy atom. The predicted molar refractivity (Wildman–Crippen MR) is 129 cm³/mol. The first-order chi connectivity index (χ1) is 16.6. The number of cyclic esters (lactones) is 1. The van der Waals surface area contributed by atoms with Gasteiger partial charge in [-0.3, -0.25) is 9.29 Å². The summed E-state index contributed by atoms with van der Waals surface area (Å²) in [5.74, 6) is -0.475. The Hall–Kier alpha value is -3.20. The number of carbonyl (C=O) groups is 2. The molecule has 0 aromatic heterocycles. The molecule has 2 aromatic rings. The van der Waals surface area contributed by atoms with Gasteiger partial charge in [0.05, 0.1) is 25.5 Å². The fourth-order valence-electron chi connectivity index (χ4n) is 3.73. The van der Waals surface area contributed by atoms with E-state index in [2.05, 4.69) is 0 Å². The van der Waals surface area contributed by atoms with Crippen molar-refractivity contribution in [2.75, 3.05) is 38.4 Å². The lowest BCUT2D eigenvalue weighted by molar-refractivity contribution is 0.0228. The largest absolute Gasteiger partial charge is 0.444 e. The number of ether oxygens (including phenoxy) is 3. The molecule has 0 radical (unpaired) electrons. The van der Waals surface area contributed by atoms with Gasteiger partial charge in [-0.2, -0.15) is 0 Å². The molecule has 1 atom stereocenters. The second-order valence-electron chi connectivity index (χ2n) is 9.38. The predicted octanol–water partition coefficient (Wildman–Crippen LogP) is 5.56. The number of hydrogen-bond acceptors (Lipinski definition) is 5. The van der Waals surface area contributed by atoms with Gasteiger partial charge in [0.1, 0.15) is 17.5 Å². The van der Waals surface area contributed by atoms with Crippen molar-refractivity contribution in [1.82, 2.24) is 4.90 Å². The van der Waals surface area contributed by atoms with E-state index in [1.54, 1.807) is 57.2 Å². The van der Waals surface area contributed by atoms with E-state index in [4.69, 9.17) is 14.2 Å². The van der Waals surface area contributed by atoms with E-state index < -0.39 is 36.4 Å². The Kier molecular flexibility index (Phi) is 8.67. The summed E-state index contributed by atoms with van der Waals surface area (Å²) in [5, 5.41) is 0. The molecule has 9 heteroatoms. The first-order valence-electron chi connectivity index (χ1n) is 11.5. The molecule has 7 nitrogen and oxygen atoms in total. The quantitative estimate of drug-likeness (QED) is 0.460. The number of alkyl halides is 1. The Morgan fingerprint density at radius 2 is 1.91 bits per heavy atom. The van der Waals surface area contributed by atoms with Crippen molar-refractivity contribution >= 4 is 17.9 Å². The lowest BCUT2D eigenvalue weighted by Gasteiger charge is -2.27. The topological polar surface area (TPSA) is 68.3 Å². The van der Waals surface area contributed by atoms with Crippen LogP contribution < -0.4 is 4.90 Å². The summed E-state index contributed by atoms with van der Waals surface area (Å²) in [5.41, 5.74) is 1.58. The van der Waals surface area contributed by atoms with Crippen LogP contribution in [0.25, 0.3) is 11.1 Å². The maximum atomic E-state index is 15.0. The smallest absolute Gasteiger partial charge is 0.414 e. The molecule has 3 rings (SSSR count). The molecule has 0 N–H and O–H groups in total. The molecule has 2 amide bonds. The average molecular weight is 491 g/mol. The lowest BCUT2D eigenvalue weighted by Crippen LogP contribution is -2.37. The summed E-state index contributed by atoms with van der Waals surface area (Å²) < 4.78 is 43.4. The molecule has 35 heavy (non-hydrogen) atoms. The van der Waals surface area contributed by atoms with Crippen LogP contribution in [0.4, 0.5) is 24.1 Å². The third kappa shape index (κ3) is 7.14. The van der Waals surface area contributed by atoms with Crippen molar-refractivity contribution in [1.29, 1.82) is 0 Å². The minimum Gasteiger partial charge on any atom is -0.444 e. The van der Waals surface area contributed by atoms with Gasteiger partial charge in [-0.25, -0.2) is 14.0 Å². The van der Waals surface area contributed by atoms with Gasteiger partial charge in [0.25, 0.3) is 0 Å². The highest BCUT2D eigenvalue weighted by atomic mass is 19.1. The van der Waals surface area contributed by atoms with Crippen LogP contribution in [0.1, 0.15) is 32.8 Å². The standard InChI is InChI=1S/C26H32F2N2O5/c1-26(2,3)35-24(31)29(13-5-12-27)15-18-6-8-19(9-7-18)22-11-10-20(14-23(22)28)30-16-21(17-33-4)34-25(30)32/h6-11,14,21H,5,12-13,15-17H2,1-4H3. The number of benzene rings is 2. The number of rotatable bonds is 9. The van der Waals surface area contributed by atoms with Gasteiger partial charge in [0, 0.05) is 25.8 Å². The summed E-state index contributed by atoms with van der Waals surface area (Å²) in [6, 6.07) is 11.7. The third-order valence-electron chi connectivity index (χ3n) is 5.34. The zero-order valence-corrected chi connectivity index (χ0v) is 20.6. The third-order valence-corrected chi connectivity index (χ3v) is 5.34. The molecule has 1 aliphatic rings. The average Bonchev–Trinajstić information content (AvgIpc) is 3.16. The molecule has 2 aromatic carbocycles. The molecular weight excluding hydrogens is 458 g/mol. The monoisotopic (exact) mass is 490 g/mol. The van der Waals surface area contributed by atoms with Crippen molar-refractivity contribution in [3.05, 3.63) is 53.8 Å². The second kappa shape index (κ2) is 11.5. The van der Waals surface area contributed by atoms with Crippen molar-refractivity contribution < 1.29 is 32.6 Å². The first kappa shape index (κ1) is 26.4. The molecule has 190 valence electrons. The van der Waals surface area contributed by atoms with Gasteiger partial charge in [0.15, 0.2) is 0 Å². The minimum absolute atomic E-state index is 0.214. The molecule has 1 aliphatic heterocycles. The van der Waals surface area contributed by atoms with E-state index in [1.807, 2.05) is 0 Å². The van der Waals surface area contributed by atoms with Crippen LogP contribution >= 0.6 is 0 Å². The van der Waals surface area contributed by atoms with Crippen LogP contribution in [0.3, 0.4) is 0 Å². The minimum atomic E-state index is -0.658. The Labute approximate surface area is 204 Å². The van der Waals surface area contributed by atoms with Crippen LogP contribution in [-0.4, -0.2) is 62.3 Å². The van der Waals surface area contributed by atoms with Gasteiger partial charge in [-0.1, -0.05) is 24.3 Å². The van der Waals surface area contributed by atoms with E-state index in [0.29, 0.717) is 16.8 Å². The van der Waals surface area contributed by atoms with Crippen molar-refractivity contribution in [2.24, 2.45) is 0 Å². The molecule has 1 heterocycles. The fourth-order valence-corrected chi connectivity index (χ4v) is 3.73. The SMILES string of the molecule is COCC1CN(c2ccc(-c3ccc(CN(CCCF)C(=O)OC(C)(C)C)cc3)c(F)c2)C(=O)O1. The van der Waals surface area contributed by atoms with Crippen LogP contribution in [0.15, 0.2) is 42.5 Å². The highest BCUT2D eigenvalue weighted by Crippen LogP contribution is 2.29. The van der Waals surface area contributed by atoms with Crippen molar-refractivity contribution in [3.8, 4) is 11.1 Å². The number of methoxy groups -OCH3 is 1. The Morgan fingerprint density at radius 3 is 2.51 bits per heavy atom. The maximum absolute atomic E-state index is 15.0. The van der Waals surface area contributed by atoms with E-state index in [0.717, 1.165) is 5.56 Å². The number of hydrogen-bond donors (Lipinski definition) is 0. The summed E-state index contributed by atoms with van der Waals surface area (Å²) in [6.45, 7) is 5.83. The Balaban J connectivity index is 1.72. The van der Waals surface area contributed by atoms with Crippen LogP contribution in [-0.2, 0) is 20.8 Å². The molecule has 1 saturated heterocycles. The van der Waals surface area contributed by atoms with Gasteiger partial charge in [-0.15, -0.1) is 0 Å². The zero-order valence-electron chi connectivity index (χ0n) is 20.6. The number of halogens is 2. The maximum Gasteiger partial charge on any atom is 0.414 e. The van der Waals surface area contributed by atoms with Gasteiger partial charge in [0.2, 0.25) is 0 Å². The summed E-state index contributed by atoms with van der Waals surface area (Å²) >= 11 is 0. The molecule has 0 bridgehead atoms. The van der Waals surface area contributed by atoms with Gasteiger partial charge >= 0.3 is 12.2 Å². The highest BCUT2D eigenvalue weighted by Gasteiger charge is 2.32. The molecule has 1 fully saturated rings. The van der Waals surface area contributed by atoms with E-state index in [9.17, 15) is 18.4 Å². The normalized spacial score (nSPS) is 15.8. The summed E-state index contributed by atoms with van der Waals surface area (Å²) in [4.78, 5) is 27.5. The number of carbonyl (C=O) groups excluding carboxylic acids is 2. The van der Waals surface area contributed by atoms with Gasteiger partial charge in [-0.05, 0) is 56.5 Å². The Bertz CT molecular complexity index is 1020. The highest BCUT2D eigenvalue weighted by molar-refractivity contribution is 5.90. The number of anilines is 1. The zero-order chi connectivity index (χ0) is 25.6. The first-order valence-corrected chi connectivity index (χ1v) is 11.5. The lowest BCUT2D eigenvalue weighted by atomic mass is 10.0. The van der Waals surface area contributed by atoms with Crippen LogP contribution in [0, 0.1) is 5.82 Å². The van der Waals surface area contributed by atoms with E-state index in [1.165, 1.54) is 23.0 Å². The molecule has 1 unspecified atom stereocenters. The summed E-state index contributed by atoms with van der Waals surface area (Å²) in [6.07, 6.45) is -1.23. The van der Waals surface area contributed by atoms with E-state index >= 15 is 0 Å². The van der Waals surface area contributed by atoms with Crippen LogP contribution in [0.5, 0.6) is 0 Å². The second-order valence-corrected chi connectivity index (χ2v) is 9.38. The van der Waals surface area contributed by atoms with Gasteiger partial charge < -0.3 is 19.1 Å². The number of amides is 2. The molecule has 0 saturated carbocycles.